The van der Waals surface area contributed by atoms with Gasteiger partial charge in [0.25, 0.3) is 0 Å². The summed E-state index contributed by atoms with van der Waals surface area (Å²) in [4.78, 5) is 17.0. The molecule has 0 aliphatic carbocycles. The standard InChI is InChI=1S/C23H23N5OS2/c1-14-9-10-17(11-16(14)3)19-12-30-22(24-19)25-20(29)13-31-23-27-26-21(28(23)4)18-8-6-5-7-15(18)2/h5-12H,13H2,1-4H3,(H,24,25,29). The van der Waals surface area contributed by atoms with Gasteiger partial charge in [-0.3, -0.25) is 4.79 Å². The number of thiazole rings is 1. The minimum absolute atomic E-state index is 0.119. The van der Waals surface area contributed by atoms with Crippen LogP contribution in [0.1, 0.15) is 16.7 Å². The van der Waals surface area contributed by atoms with Gasteiger partial charge in [-0.25, -0.2) is 4.98 Å². The van der Waals surface area contributed by atoms with Crippen molar-refractivity contribution < 1.29 is 4.79 Å². The molecule has 2 aromatic carbocycles. The van der Waals surface area contributed by atoms with Gasteiger partial charge in [0.1, 0.15) is 0 Å². The van der Waals surface area contributed by atoms with Crippen molar-refractivity contribution in [3.63, 3.8) is 0 Å². The third kappa shape index (κ3) is 4.70. The Hall–Kier alpha value is -2.97. The van der Waals surface area contributed by atoms with Gasteiger partial charge in [-0.15, -0.1) is 21.5 Å². The topological polar surface area (TPSA) is 72.7 Å². The number of benzene rings is 2. The molecule has 6 nitrogen and oxygen atoms in total. The van der Waals surface area contributed by atoms with Crippen LogP contribution in [0.25, 0.3) is 22.6 Å². The van der Waals surface area contributed by atoms with Gasteiger partial charge < -0.3 is 9.88 Å². The molecule has 0 saturated carbocycles. The molecule has 158 valence electrons. The van der Waals surface area contributed by atoms with E-state index >= 15 is 0 Å². The molecule has 0 bridgehead atoms. The number of nitrogens with zero attached hydrogens (tertiary/aromatic N) is 4. The summed E-state index contributed by atoms with van der Waals surface area (Å²) in [7, 11) is 1.92. The summed E-state index contributed by atoms with van der Waals surface area (Å²) in [5.74, 6) is 0.906. The normalized spacial score (nSPS) is 11.0. The van der Waals surface area contributed by atoms with Gasteiger partial charge >= 0.3 is 0 Å². The molecule has 0 aliphatic rings. The predicted octanol–water partition coefficient (Wildman–Crippen LogP) is 5.26. The van der Waals surface area contributed by atoms with Crippen LogP contribution in [-0.2, 0) is 11.8 Å². The number of aryl methyl sites for hydroxylation is 3. The molecule has 1 amide bonds. The van der Waals surface area contributed by atoms with Gasteiger partial charge in [-0.05, 0) is 43.5 Å². The summed E-state index contributed by atoms with van der Waals surface area (Å²) < 4.78 is 1.92. The Balaban J connectivity index is 1.39. The zero-order valence-electron chi connectivity index (χ0n) is 17.8. The van der Waals surface area contributed by atoms with E-state index in [4.69, 9.17) is 0 Å². The molecule has 31 heavy (non-hydrogen) atoms. The lowest BCUT2D eigenvalue weighted by Crippen LogP contribution is -2.14. The smallest absolute Gasteiger partial charge is 0.236 e. The third-order valence-corrected chi connectivity index (χ3v) is 6.88. The molecule has 0 radical (unpaired) electrons. The van der Waals surface area contributed by atoms with Crippen LogP contribution in [0.3, 0.4) is 0 Å². The van der Waals surface area contributed by atoms with Crippen molar-refractivity contribution in [3.8, 4) is 22.6 Å². The quantitative estimate of drug-likeness (QED) is 0.407. The Morgan fingerprint density at radius 3 is 2.65 bits per heavy atom. The number of nitrogens with one attached hydrogen (secondary N) is 1. The fourth-order valence-corrected chi connectivity index (χ4v) is 4.60. The van der Waals surface area contributed by atoms with Crippen LogP contribution in [0.15, 0.2) is 53.0 Å². The average Bonchev–Trinajstić information content (AvgIpc) is 3.36. The van der Waals surface area contributed by atoms with Crippen LogP contribution in [-0.4, -0.2) is 31.4 Å². The maximum atomic E-state index is 12.4. The fraction of sp³-hybridized carbons (Fsp3) is 0.217. The van der Waals surface area contributed by atoms with E-state index in [1.165, 1.54) is 34.2 Å². The number of carbonyl (C=O) groups excluding carboxylic acids is 1. The van der Waals surface area contributed by atoms with Gasteiger partial charge in [0.15, 0.2) is 16.1 Å². The number of rotatable bonds is 6. The molecule has 4 rings (SSSR count). The van der Waals surface area contributed by atoms with Crippen molar-refractivity contribution in [2.24, 2.45) is 7.05 Å². The van der Waals surface area contributed by atoms with Crippen molar-refractivity contribution in [1.29, 1.82) is 0 Å². The minimum Gasteiger partial charge on any atom is -0.305 e. The zero-order chi connectivity index (χ0) is 22.0. The first-order chi connectivity index (χ1) is 14.9. The Bertz CT molecular complexity index is 1240. The van der Waals surface area contributed by atoms with Gasteiger partial charge in [-0.1, -0.05) is 48.2 Å². The summed E-state index contributed by atoms with van der Waals surface area (Å²) in [6.45, 7) is 6.22. The minimum atomic E-state index is -0.119. The highest BCUT2D eigenvalue weighted by atomic mass is 32.2. The second-order valence-electron chi connectivity index (χ2n) is 7.35. The summed E-state index contributed by atoms with van der Waals surface area (Å²) in [5, 5.41) is 14.7. The lowest BCUT2D eigenvalue weighted by atomic mass is 10.1. The first kappa shape index (κ1) is 21.3. The molecule has 4 aromatic rings. The number of amides is 1. The SMILES string of the molecule is Cc1ccc(-c2csc(NC(=O)CSc3nnc(-c4ccccc4C)n3C)n2)cc1C. The lowest BCUT2D eigenvalue weighted by Gasteiger charge is -2.06. The van der Waals surface area contributed by atoms with E-state index in [0.717, 1.165) is 28.2 Å². The Morgan fingerprint density at radius 2 is 1.87 bits per heavy atom. The van der Waals surface area contributed by atoms with Crippen LogP contribution >= 0.6 is 23.1 Å². The van der Waals surface area contributed by atoms with Crippen LogP contribution in [0.2, 0.25) is 0 Å². The maximum absolute atomic E-state index is 12.4. The molecular formula is C23H23N5OS2. The highest BCUT2D eigenvalue weighted by molar-refractivity contribution is 7.99. The second kappa shape index (κ2) is 9.03. The van der Waals surface area contributed by atoms with E-state index in [0.29, 0.717) is 10.3 Å². The van der Waals surface area contributed by atoms with Crippen molar-refractivity contribution in [2.45, 2.75) is 25.9 Å². The van der Waals surface area contributed by atoms with Gasteiger partial charge in [-0.2, -0.15) is 0 Å². The predicted molar refractivity (Wildman–Crippen MR) is 128 cm³/mol. The van der Waals surface area contributed by atoms with Crippen LogP contribution in [0, 0.1) is 20.8 Å². The molecule has 0 spiro atoms. The van der Waals surface area contributed by atoms with E-state index in [2.05, 4.69) is 52.5 Å². The summed E-state index contributed by atoms with van der Waals surface area (Å²) in [6, 6.07) is 14.3. The molecule has 2 heterocycles. The first-order valence-corrected chi connectivity index (χ1v) is 11.7. The largest absolute Gasteiger partial charge is 0.305 e. The van der Waals surface area contributed by atoms with E-state index < -0.39 is 0 Å². The third-order valence-electron chi connectivity index (χ3n) is 5.11. The van der Waals surface area contributed by atoms with Gasteiger partial charge in [0.05, 0.1) is 11.4 Å². The molecule has 1 N–H and O–H groups in total. The van der Waals surface area contributed by atoms with Crippen molar-refractivity contribution in [3.05, 3.63) is 64.5 Å². The number of carbonyl (C=O) groups is 1. The molecule has 0 aliphatic heterocycles. The summed E-state index contributed by atoms with van der Waals surface area (Å²) in [6.07, 6.45) is 0. The van der Waals surface area contributed by atoms with Crippen LogP contribution in [0.4, 0.5) is 5.13 Å². The van der Waals surface area contributed by atoms with Crippen molar-refractivity contribution >= 4 is 34.1 Å². The second-order valence-corrected chi connectivity index (χ2v) is 9.15. The number of hydrogen-bond donors (Lipinski definition) is 1. The zero-order valence-corrected chi connectivity index (χ0v) is 19.5. The van der Waals surface area contributed by atoms with E-state index in [1.807, 2.05) is 48.2 Å². The lowest BCUT2D eigenvalue weighted by molar-refractivity contribution is -0.113. The van der Waals surface area contributed by atoms with Crippen LogP contribution in [0.5, 0.6) is 0 Å². The highest BCUT2D eigenvalue weighted by Crippen LogP contribution is 2.28. The highest BCUT2D eigenvalue weighted by Gasteiger charge is 2.15. The number of anilines is 1. The van der Waals surface area contributed by atoms with Crippen molar-refractivity contribution in [1.82, 2.24) is 19.7 Å². The number of hydrogen-bond acceptors (Lipinski definition) is 6. The average molecular weight is 450 g/mol. The number of aromatic nitrogens is 4. The van der Waals surface area contributed by atoms with Gasteiger partial charge in [0.2, 0.25) is 5.91 Å². The maximum Gasteiger partial charge on any atom is 0.236 e. The van der Waals surface area contributed by atoms with Crippen LogP contribution < -0.4 is 5.32 Å². The summed E-state index contributed by atoms with van der Waals surface area (Å²) in [5.41, 5.74) is 6.57. The molecule has 8 heteroatoms. The van der Waals surface area contributed by atoms with E-state index in [9.17, 15) is 4.79 Å². The molecule has 0 fully saturated rings. The molecule has 2 aromatic heterocycles. The molecular weight excluding hydrogens is 426 g/mol. The van der Waals surface area contributed by atoms with E-state index in [-0.39, 0.29) is 11.7 Å². The summed E-state index contributed by atoms with van der Waals surface area (Å²) >= 11 is 2.78. The Morgan fingerprint density at radius 1 is 1.06 bits per heavy atom. The monoisotopic (exact) mass is 449 g/mol. The number of thioether (sulfide) groups is 1. The first-order valence-electron chi connectivity index (χ1n) is 9.83. The molecule has 0 unspecified atom stereocenters. The molecule has 0 saturated heterocycles. The van der Waals surface area contributed by atoms with E-state index in [1.54, 1.807) is 0 Å². The Kier molecular flexibility index (Phi) is 6.20. The van der Waals surface area contributed by atoms with Crippen molar-refractivity contribution in [2.75, 3.05) is 11.1 Å². The fourth-order valence-electron chi connectivity index (χ4n) is 3.15. The molecule has 0 atom stereocenters. The van der Waals surface area contributed by atoms with Gasteiger partial charge in [0, 0.05) is 23.6 Å². The Labute approximate surface area is 189 Å².